The molecule has 0 saturated carbocycles. The Bertz CT molecular complexity index is 645. The first-order chi connectivity index (χ1) is 11.7. The highest BCUT2D eigenvalue weighted by Gasteiger charge is 2.31. The number of benzene rings is 2. The van der Waals surface area contributed by atoms with Crippen molar-refractivity contribution in [3.63, 3.8) is 0 Å². The third kappa shape index (κ3) is 4.36. The molecule has 0 radical (unpaired) electrons. The lowest BCUT2D eigenvalue weighted by Crippen LogP contribution is -2.43. The number of hydrogen-bond acceptors (Lipinski definition) is 3. The van der Waals surface area contributed by atoms with Gasteiger partial charge in [0, 0.05) is 25.2 Å². The number of nitrogens with zero attached hydrogens (tertiary/aromatic N) is 1. The first kappa shape index (κ1) is 16.5. The molecule has 1 fully saturated rings. The summed E-state index contributed by atoms with van der Waals surface area (Å²) in [6.45, 7) is 4.37. The normalized spacial score (nSPS) is 20.7. The Hall–Kier alpha value is -2.33. The van der Waals surface area contributed by atoms with Gasteiger partial charge in [0.25, 0.3) is 0 Å². The van der Waals surface area contributed by atoms with E-state index >= 15 is 0 Å². The summed E-state index contributed by atoms with van der Waals surface area (Å²) < 4.78 is 5.32. The van der Waals surface area contributed by atoms with Crippen LogP contribution in [0.3, 0.4) is 0 Å². The fourth-order valence-corrected chi connectivity index (χ4v) is 3.15. The quantitative estimate of drug-likeness (QED) is 0.914. The van der Waals surface area contributed by atoms with Crippen LogP contribution in [-0.4, -0.2) is 29.6 Å². The molecule has 1 aliphatic heterocycles. The number of alkyl carbamates (subject to hydrolysis) is 1. The summed E-state index contributed by atoms with van der Waals surface area (Å²) >= 11 is 0. The highest BCUT2D eigenvalue weighted by Crippen LogP contribution is 2.20. The van der Waals surface area contributed by atoms with Crippen molar-refractivity contribution in [3.05, 3.63) is 71.8 Å². The average molecular weight is 324 g/mol. The minimum atomic E-state index is -0.336. The largest absolute Gasteiger partial charge is 0.445 e. The second-order valence-corrected chi connectivity index (χ2v) is 6.30. The number of carbonyl (C=O) groups excluding carboxylic acids is 1. The van der Waals surface area contributed by atoms with Crippen molar-refractivity contribution in [3.8, 4) is 0 Å². The monoisotopic (exact) mass is 324 g/mol. The number of amides is 1. The van der Waals surface area contributed by atoms with Gasteiger partial charge in [-0.3, -0.25) is 4.90 Å². The van der Waals surface area contributed by atoms with Crippen LogP contribution < -0.4 is 5.32 Å². The maximum absolute atomic E-state index is 12.0. The predicted molar refractivity (Wildman–Crippen MR) is 94.5 cm³/mol. The van der Waals surface area contributed by atoms with Crippen molar-refractivity contribution in [2.45, 2.75) is 38.6 Å². The summed E-state index contributed by atoms with van der Waals surface area (Å²) in [5.74, 6) is 0. The molecule has 0 aromatic heterocycles. The molecule has 2 aromatic rings. The molecule has 126 valence electrons. The highest BCUT2D eigenvalue weighted by molar-refractivity contribution is 5.67. The molecule has 0 aliphatic carbocycles. The molecule has 1 heterocycles. The number of nitrogens with one attached hydrogen (secondary N) is 1. The van der Waals surface area contributed by atoms with Crippen LogP contribution in [0.4, 0.5) is 4.79 Å². The van der Waals surface area contributed by atoms with Gasteiger partial charge >= 0.3 is 6.09 Å². The molecule has 1 N–H and O–H groups in total. The van der Waals surface area contributed by atoms with Gasteiger partial charge in [-0.05, 0) is 24.5 Å². The van der Waals surface area contributed by atoms with Gasteiger partial charge in [0.1, 0.15) is 6.61 Å². The molecule has 4 nitrogen and oxygen atoms in total. The van der Waals surface area contributed by atoms with Crippen LogP contribution in [0.5, 0.6) is 0 Å². The zero-order chi connectivity index (χ0) is 16.8. The highest BCUT2D eigenvalue weighted by atomic mass is 16.5. The number of ether oxygens (including phenoxy) is 1. The van der Waals surface area contributed by atoms with Crippen LogP contribution in [-0.2, 0) is 17.9 Å². The molecular weight excluding hydrogens is 300 g/mol. The van der Waals surface area contributed by atoms with Gasteiger partial charge in [0.05, 0.1) is 0 Å². The second kappa shape index (κ2) is 7.97. The zero-order valence-corrected chi connectivity index (χ0v) is 14.0. The smallest absolute Gasteiger partial charge is 0.407 e. The van der Waals surface area contributed by atoms with E-state index in [1.165, 1.54) is 5.56 Å². The lowest BCUT2D eigenvalue weighted by atomic mass is 10.1. The Balaban J connectivity index is 1.46. The van der Waals surface area contributed by atoms with Crippen LogP contribution in [0.1, 0.15) is 24.5 Å². The molecule has 1 saturated heterocycles. The van der Waals surface area contributed by atoms with Gasteiger partial charge in [-0.1, -0.05) is 60.7 Å². The van der Waals surface area contributed by atoms with Crippen molar-refractivity contribution in [1.82, 2.24) is 10.2 Å². The molecule has 1 aliphatic rings. The third-order valence-corrected chi connectivity index (χ3v) is 4.63. The van der Waals surface area contributed by atoms with E-state index < -0.39 is 0 Å². The van der Waals surface area contributed by atoms with Gasteiger partial charge in [-0.25, -0.2) is 4.79 Å². The molecule has 0 spiro atoms. The first-order valence-electron chi connectivity index (χ1n) is 8.47. The third-order valence-electron chi connectivity index (χ3n) is 4.63. The van der Waals surface area contributed by atoms with Crippen LogP contribution in [0.25, 0.3) is 0 Å². The maximum atomic E-state index is 12.0. The summed E-state index contributed by atoms with van der Waals surface area (Å²) in [5, 5.41) is 3.01. The molecule has 2 unspecified atom stereocenters. The first-order valence-corrected chi connectivity index (χ1v) is 8.47. The standard InChI is InChI=1S/C20H24N2O2/c1-16-19(12-13-22(16)14-17-8-4-2-5-9-17)21-20(23)24-15-18-10-6-3-7-11-18/h2-11,16,19H,12-15H2,1H3,(H,21,23). The summed E-state index contributed by atoms with van der Waals surface area (Å²) in [4.78, 5) is 14.4. The predicted octanol–water partition coefficient (Wildman–Crippen LogP) is 3.58. The zero-order valence-electron chi connectivity index (χ0n) is 14.0. The van der Waals surface area contributed by atoms with Gasteiger partial charge in [-0.2, -0.15) is 0 Å². The molecule has 0 bridgehead atoms. The van der Waals surface area contributed by atoms with Gasteiger partial charge < -0.3 is 10.1 Å². The molecule has 3 rings (SSSR count). The van der Waals surface area contributed by atoms with Gasteiger partial charge in [-0.15, -0.1) is 0 Å². The number of carbonyl (C=O) groups is 1. The summed E-state index contributed by atoms with van der Waals surface area (Å²) in [7, 11) is 0. The number of likely N-dealkylation sites (tertiary alicyclic amines) is 1. The minimum absolute atomic E-state index is 0.136. The fraction of sp³-hybridized carbons (Fsp3) is 0.350. The van der Waals surface area contributed by atoms with E-state index in [4.69, 9.17) is 4.74 Å². The van der Waals surface area contributed by atoms with Crippen LogP contribution >= 0.6 is 0 Å². The Kier molecular flexibility index (Phi) is 5.49. The van der Waals surface area contributed by atoms with Gasteiger partial charge in [0.15, 0.2) is 0 Å². The molecule has 4 heteroatoms. The lowest BCUT2D eigenvalue weighted by Gasteiger charge is -2.25. The molecule has 2 aromatic carbocycles. The SMILES string of the molecule is CC1C(NC(=O)OCc2ccccc2)CCN1Cc1ccccc1. The van der Waals surface area contributed by atoms with E-state index in [0.717, 1.165) is 25.1 Å². The van der Waals surface area contributed by atoms with E-state index in [1.807, 2.05) is 36.4 Å². The molecule has 2 atom stereocenters. The maximum Gasteiger partial charge on any atom is 0.407 e. The van der Waals surface area contributed by atoms with Crippen molar-refractivity contribution >= 4 is 6.09 Å². The van der Waals surface area contributed by atoms with Crippen molar-refractivity contribution in [2.75, 3.05) is 6.54 Å². The number of rotatable bonds is 5. The lowest BCUT2D eigenvalue weighted by molar-refractivity contribution is 0.132. The van der Waals surface area contributed by atoms with Crippen molar-refractivity contribution < 1.29 is 9.53 Å². The molecular formula is C20H24N2O2. The Morgan fingerprint density at radius 2 is 1.71 bits per heavy atom. The van der Waals surface area contributed by atoms with Crippen LogP contribution in [0, 0.1) is 0 Å². The Morgan fingerprint density at radius 3 is 2.38 bits per heavy atom. The van der Waals surface area contributed by atoms with E-state index in [1.54, 1.807) is 0 Å². The number of hydrogen-bond donors (Lipinski definition) is 1. The van der Waals surface area contributed by atoms with Crippen molar-refractivity contribution in [1.29, 1.82) is 0 Å². The van der Waals surface area contributed by atoms with Crippen LogP contribution in [0.2, 0.25) is 0 Å². The van der Waals surface area contributed by atoms with E-state index in [9.17, 15) is 4.79 Å². The second-order valence-electron chi connectivity index (χ2n) is 6.30. The van der Waals surface area contributed by atoms with Crippen LogP contribution in [0.15, 0.2) is 60.7 Å². The van der Waals surface area contributed by atoms with E-state index in [-0.39, 0.29) is 12.1 Å². The fourth-order valence-electron chi connectivity index (χ4n) is 3.15. The van der Waals surface area contributed by atoms with E-state index in [2.05, 4.69) is 41.4 Å². The Labute approximate surface area is 143 Å². The molecule has 24 heavy (non-hydrogen) atoms. The minimum Gasteiger partial charge on any atom is -0.445 e. The topological polar surface area (TPSA) is 41.6 Å². The summed E-state index contributed by atoms with van der Waals surface area (Å²) in [6, 6.07) is 20.6. The average Bonchev–Trinajstić information content (AvgIpc) is 2.95. The van der Waals surface area contributed by atoms with Gasteiger partial charge in [0.2, 0.25) is 0 Å². The van der Waals surface area contributed by atoms with Crippen molar-refractivity contribution in [2.24, 2.45) is 0 Å². The summed E-state index contributed by atoms with van der Waals surface area (Å²) in [5.41, 5.74) is 2.30. The van der Waals surface area contributed by atoms with E-state index in [0.29, 0.717) is 12.6 Å². The molecule has 1 amide bonds. The Morgan fingerprint density at radius 1 is 1.08 bits per heavy atom. The summed E-state index contributed by atoms with van der Waals surface area (Å²) in [6.07, 6.45) is 0.617.